The van der Waals surface area contributed by atoms with Gasteiger partial charge in [0, 0.05) is 12.6 Å². The molecular formula is C16H23FN2O. The van der Waals surface area contributed by atoms with Gasteiger partial charge in [0.25, 0.3) is 0 Å². The zero-order valence-electron chi connectivity index (χ0n) is 12.1. The minimum absolute atomic E-state index is 0.0300. The minimum atomic E-state index is -0.253. The van der Waals surface area contributed by atoms with Gasteiger partial charge in [0.15, 0.2) is 0 Å². The molecule has 0 aromatic heterocycles. The second-order valence-electron chi connectivity index (χ2n) is 5.61. The molecule has 3 nitrogen and oxygen atoms in total. The monoisotopic (exact) mass is 278 g/mol. The van der Waals surface area contributed by atoms with Crippen molar-refractivity contribution in [2.45, 2.75) is 44.7 Å². The number of nitrogens with zero attached hydrogens (tertiary/aromatic N) is 1. The van der Waals surface area contributed by atoms with E-state index in [2.05, 4.69) is 10.2 Å². The van der Waals surface area contributed by atoms with Crippen LogP contribution in [0.3, 0.4) is 0 Å². The Bertz CT molecular complexity index is 427. The van der Waals surface area contributed by atoms with E-state index in [1.165, 1.54) is 44.2 Å². The standard InChI is InChI=1S/C16H23FN2O/c1-19(15-5-3-2-4-6-15)12-16(20)18-11-13-7-9-14(17)10-8-13/h7-10,15H,2-6,11-12H2,1H3,(H,18,20). The Balaban J connectivity index is 1.73. The lowest BCUT2D eigenvalue weighted by molar-refractivity contribution is -0.122. The molecule has 2 rings (SSSR count). The van der Waals surface area contributed by atoms with Crippen molar-refractivity contribution in [2.24, 2.45) is 0 Å². The number of amides is 1. The van der Waals surface area contributed by atoms with Crippen LogP contribution in [0.25, 0.3) is 0 Å². The van der Waals surface area contributed by atoms with Gasteiger partial charge in [-0.15, -0.1) is 0 Å². The van der Waals surface area contributed by atoms with Crippen molar-refractivity contribution in [3.8, 4) is 0 Å². The van der Waals surface area contributed by atoms with E-state index in [-0.39, 0.29) is 11.7 Å². The molecule has 0 radical (unpaired) electrons. The van der Waals surface area contributed by atoms with Crippen LogP contribution in [0, 0.1) is 5.82 Å². The largest absolute Gasteiger partial charge is 0.351 e. The highest BCUT2D eigenvalue weighted by Gasteiger charge is 2.19. The fourth-order valence-electron chi connectivity index (χ4n) is 2.74. The molecule has 4 heteroatoms. The maximum absolute atomic E-state index is 12.8. The molecule has 1 amide bonds. The smallest absolute Gasteiger partial charge is 0.234 e. The molecule has 0 saturated heterocycles. The van der Waals surface area contributed by atoms with E-state index in [0.29, 0.717) is 19.1 Å². The first-order valence-corrected chi connectivity index (χ1v) is 7.36. The van der Waals surface area contributed by atoms with E-state index in [1.54, 1.807) is 12.1 Å². The van der Waals surface area contributed by atoms with Crippen molar-refractivity contribution in [3.05, 3.63) is 35.6 Å². The number of carbonyl (C=O) groups excluding carboxylic acids is 1. The molecule has 20 heavy (non-hydrogen) atoms. The van der Waals surface area contributed by atoms with Gasteiger partial charge in [0.1, 0.15) is 5.82 Å². The number of likely N-dealkylation sites (N-methyl/N-ethyl adjacent to an activating group) is 1. The Labute approximate surface area is 120 Å². The summed E-state index contributed by atoms with van der Waals surface area (Å²) < 4.78 is 12.8. The summed E-state index contributed by atoms with van der Waals surface area (Å²) in [7, 11) is 2.02. The Kier molecular flexibility index (Phi) is 5.53. The third-order valence-electron chi connectivity index (χ3n) is 3.99. The molecule has 0 spiro atoms. The number of hydrogen-bond donors (Lipinski definition) is 1. The van der Waals surface area contributed by atoms with Gasteiger partial charge in [0.05, 0.1) is 6.54 Å². The molecule has 1 aromatic rings. The lowest BCUT2D eigenvalue weighted by Gasteiger charge is -2.30. The summed E-state index contributed by atoms with van der Waals surface area (Å²) >= 11 is 0. The van der Waals surface area contributed by atoms with E-state index in [9.17, 15) is 9.18 Å². The molecule has 1 aromatic carbocycles. The molecule has 0 heterocycles. The molecule has 1 aliphatic rings. The van der Waals surface area contributed by atoms with Gasteiger partial charge in [-0.1, -0.05) is 31.4 Å². The summed E-state index contributed by atoms with van der Waals surface area (Å²) in [5, 5.41) is 2.89. The van der Waals surface area contributed by atoms with Crippen LogP contribution in [0.1, 0.15) is 37.7 Å². The topological polar surface area (TPSA) is 32.3 Å². The minimum Gasteiger partial charge on any atom is -0.351 e. The van der Waals surface area contributed by atoms with Gasteiger partial charge in [-0.3, -0.25) is 9.69 Å². The summed E-state index contributed by atoms with van der Waals surface area (Å²) in [4.78, 5) is 14.1. The van der Waals surface area contributed by atoms with Crippen LogP contribution in [0.2, 0.25) is 0 Å². The Morgan fingerprint density at radius 1 is 1.25 bits per heavy atom. The van der Waals surface area contributed by atoms with Crippen molar-refractivity contribution in [1.29, 1.82) is 0 Å². The van der Waals surface area contributed by atoms with Crippen LogP contribution in [-0.4, -0.2) is 30.4 Å². The fourth-order valence-corrected chi connectivity index (χ4v) is 2.74. The third kappa shape index (κ3) is 4.60. The van der Waals surface area contributed by atoms with Crippen molar-refractivity contribution in [3.63, 3.8) is 0 Å². The maximum Gasteiger partial charge on any atom is 0.234 e. The molecule has 0 atom stereocenters. The highest BCUT2D eigenvalue weighted by atomic mass is 19.1. The third-order valence-corrected chi connectivity index (χ3v) is 3.99. The second-order valence-corrected chi connectivity index (χ2v) is 5.61. The molecule has 110 valence electrons. The van der Waals surface area contributed by atoms with Crippen molar-refractivity contribution in [2.75, 3.05) is 13.6 Å². The molecule has 1 saturated carbocycles. The summed E-state index contributed by atoms with van der Waals surface area (Å²) in [5.74, 6) is -0.223. The molecular weight excluding hydrogens is 255 g/mol. The normalized spacial score (nSPS) is 16.4. The number of carbonyl (C=O) groups is 1. The summed E-state index contributed by atoms with van der Waals surface area (Å²) in [6.45, 7) is 0.892. The van der Waals surface area contributed by atoms with Crippen LogP contribution >= 0.6 is 0 Å². The summed E-state index contributed by atoms with van der Waals surface area (Å²) in [6, 6.07) is 6.76. The molecule has 0 aliphatic heterocycles. The number of benzene rings is 1. The zero-order chi connectivity index (χ0) is 14.4. The second kappa shape index (κ2) is 7.39. The van der Waals surface area contributed by atoms with Crippen molar-refractivity contribution in [1.82, 2.24) is 10.2 Å². The van der Waals surface area contributed by atoms with Crippen LogP contribution in [0.5, 0.6) is 0 Å². The molecule has 1 aliphatic carbocycles. The summed E-state index contributed by atoms with van der Waals surface area (Å²) in [6.07, 6.45) is 6.25. The number of halogens is 1. The first-order chi connectivity index (χ1) is 9.65. The lowest BCUT2D eigenvalue weighted by Crippen LogP contribution is -2.41. The van der Waals surface area contributed by atoms with E-state index < -0.39 is 0 Å². The zero-order valence-corrected chi connectivity index (χ0v) is 12.1. The van der Waals surface area contributed by atoms with Gasteiger partial charge in [-0.2, -0.15) is 0 Å². The fraction of sp³-hybridized carbons (Fsp3) is 0.562. The van der Waals surface area contributed by atoms with Crippen molar-refractivity contribution < 1.29 is 9.18 Å². The Morgan fingerprint density at radius 2 is 1.90 bits per heavy atom. The van der Waals surface area contributed by atoms with Crippen LogP contribution < -0.4 is 5.32 Å². The molecule has 1 N–H and O–H groups in total. The van der Waals surface area contributed by atoms with Gasteiger partial charge in [-0.05, 0) is 37.6 Å². The number of rotatable bonds is 5. The molecule has 0 bridgehead atoms. The van der Waals surface area contributed by atoms with Crippen molar-refractivity contribution >= 4 is 5.91 Å². The van der Waals surface area contributed by atoms with Gasteiger partial charge in [0.2, 0.25) is 5.91 Å². The van der Waals surface area contributed by atoms with Gasteiger partial charge in [-0.25, -0.2) is 4.39 Å². The first-order valence-electron chi connectivity index (χ1n) is 7.36. The molecule has 0 unspecified atom stereocenters. The average Bonchev–Trinajstić information content (AvgIpc) is 2.47. The lowest BCUT2D eigenvalue weighted by atomic mass is 9.94. The summed E-state index contributed by atoms with van der Waals surface area (Å²) in [5.41, 5.74) is 0.917. The molecule has 1 fully saturated rings. The van der Waals surface area contributed by atoms with E-state index >= 15 is 0 Å². The van der Waals surface area contributed by atoms with Crippen LogP contribution in [-0.2, 0) is 11.3 Å². The SMILES string of the molecule is CN(CC(=O)NCc1ccc(F)cc1)C1CCCCC1. The van der Waals surface area contributed by atoms with Gasteiger partial charge < -0.3 is 5.32 Å². The Hall–Kier alpha value is -1.42. The highest BCUT2D eigenvalue weighted by molar-refractivity contribution is 5.78. The number of hydrogen-bond acceptors (Lipinski definition) is 2. The maximum atomic E-state index is 12.8. The predicted octanol–water partition coefficient (Wildman–Crippen LogP) is 2.71. The van der Waals surface area contributed by atoms with E-state index in [0.717, 1.165) is 5.56 Å². The van der Waals surface area contributed by atoms with Crippen LogP contribution in [0.4, 0.5) is 4.39 Å². The van der Waals surface area contributed by atoms with Gasteiger partial charge >= 0.3 is 0 Å². The Morgan fingerprint density at radius 3 is 2.55 bits per heavy atom. The average molecular weight is 278 g/mol. The predicted molar refractivity (Wildman–Crippen MR) is 77.7 cm³/mol. The van der Waals surface area contributed by atoms with Crippen LogP contribution in [0.15, 0.2) is 24.3 Å². The quantitative estimate of drug-likeness (QED) is 0.898. The highest BCUT2D eigenvalue weighted by Crippen LogP contribution is 2.21. The first kappa shape index (κ1) is 15.0. The number of nitrogens with one attached hydrogen (secondary N) is 1. The van der Waals surface area contributed by atoms with E-state index in [1.807, 2.05) is 7.05 Å². The van der Waals surface area contributed by atoms with E-state index in [4.69, 9.17) is 0 Å².